The van der Waals surface area contributed by atoms with Gasteiger partial charge in [-0.1, -0.05) is 27.2 Å². The van der Waals surface area contributed by atoms with Crippen LogP contribution in [0, 0.1) is 11.3 Å². The molecule has 0 aromatic carbocycles. The van der Waals surface area contributed by atoms with Crippen molar-refractivity contribution in [2.45, 2.75) is 33.6 Å². The highest BCUT2D eigenvalue weighted by Gasteiger charge is 2.37. The van der Waals surface area contributed by atoms with Gasteiger partial charge in [-0.15, -0.1) is 0 Å². The lowest BCUT2D eigenvalue weighted by atomic mass is 9.75. The van der Waals surface area contributed by atoms with E-state index in [1.54, 1.807) is 13.8 Å². The molecule has 0 spiro atoms. The Morgan fingerprint density at radius 1 is 1.27 bits per heavy atom. The van der Waals surface area contributed by atoms with Crippen LogP contribution in [0.3, 0.4) is 0 Å². The maximum absolute atomic E-state index is 11.2. The molecule has 0 heterocycles. The maximum atomic E-state index is 11.2. The third-order valence-electron chi connectivity index (χ3n) is 2.70. The van der Waals surface area contributed by atoms with Crippen molar-refractivity contribution in [3.63, 3.8) is 0 Å². The highest BCUT2D eigenvalue weighted by Crippen LogP contribution is 2.33. The fourth-order valence-electron chi connectivity index (χ4n) is 1.19. The molecule has 0 aromatic heterocycles. The van der Waals surface area contributed by atoms with Crippen LogP contribution in [0.25, 0.3) is 0 Å². The second-order valence-electron chi connectivity index (χ2n) is 3.97. The minimum atomic E-state index is -0.938. The summed E-state index contributed by atoms with van der Waals surface area (Å²) in [6, 6.07) is 0. The van der Waals surface area contributed by atoms with Gasteiger partial charge in [0.1, 0.15) is 0 Å². The summed E-state index contributed by atoms with van der Waals surface area (Å²) in [5.74, 6) is -2.70. The lowest BCUT2D eigenvalue weighted by Crippen LogP contribution is -2.33. The molecule has 6 nitrogen and oxygen atoms in total. The molecule has 0 fully saturated rings. The van der Waals surface area contributed by atoms with E-state index in [1.165, 1.54) is 0 Å². The second kappa shape index (κ2) is 5.67. The normalized spacial score (nSPS) is 13.1. The average molecular weight is 220 g/mol. The molecular formula is C9H16O6. The number of hydrogen-bond acceptors (Lipinski definition) is 6. The molecule has 0 aromatic rings. The Morgan fingerprint density at radius 2 is 1.80 bits per heavy atom. The summed E-state index contributed by atoms with van der Waals surface area (Å²) < 4.78 is 0. The molecule has 2 N–H and O–H groups in total. The third kappa shape index (κ3) is 3.85. The zero-order valence-corrected chi connectivity index (χ0v) is 9.02. The molecule has 0 aliphatic heterocycles. The summed E-state index contributed by atoms with van der Waals surface area (Å²) in [7, 11) is 0. The molecular weight excluding hydrogens is 204 g/mol. The first-order valence-electron chi connectivity index (χ1n) is 4.58. The topological polar surface area (TPSA) is 93.1 Å². The van der Waals surface area contributed by atoms with Gasteiger partial charge in [0, 0.05) is 0 Å². The Bertz CT molecular complexity index is 235. The lowest BCUT2D eigenvalue weighted by molar-refractivity contribution is -0.248. The van der Waals surface area contributed by atoms with Gasteiger partial charge in [-0.25, -0.2) is 9.59 Å². The minimum absolute atomic E-state index is 0.337. The van der Waals surface area contributed by atoms with E-state index in [0.29, 0.717) is 6.42 Å². The molecule has 0 rings (SSSR count). The molecule has 6 heteroatoms. The quantitative estimate of drug-likeness (QED) is 0.538. The van der Waals surface area contributed by atoms with E-state index in [2.05, 4.69) is 9.78 Å². The van der Waals surface area contributed by atoms with Gasteiger partial charge in [-0.05, 0) is 5.41 Å². The predicted molar refractivity (Wildman–Crippen MR) is 49.6 cm³/mol. The van der Waals surface area contributed by atoms with E-state index >= 15 is 0 Å². The van der Waals surface area contributed by atoms with Crippen molar-refractivity contribution in [2.75, 3.05) is 0 Å². The van der Waals surface area contributed by atoms with Crippen molar-refractivity contribution >= 4 is 11.9 Å². The highest BCUT2D eigenvalue weighted by molar-refractivity contribution is 5.80. The van der Waals surface area contributed by atoms with E-state index in [9.17, 15) is 9.59 Å². The van der Waals surface area contributed by atoms with Crippen LogP contribution in [0.15, 0.2) is 0 Å². The zero-order valence-electron chi connectivity index (χ0n) is 9.02. The largest absolute Gasteiger partial charge is 0.346 e. The Balaban J connectivity index is 4.73. The Morgan fingerprint density at radius 3 is 2.13 bits per heavy atom. The Kier molecular flexibility index (Phi) is 5.24. The first-order chi connectivity index (χ1) is 6.88. The van der Waals surface area contributed by atoms with Gasteiger partial charge in [0.15, 0.2) is 0 Å². The van der Waals surface area contributed by atoms with Gasteiger partial charge < -0.3 is 9.78 Å². The van der Waals surface area contributed by atoms with Crippen LogP contribution >= 0.6 is 0 Å². The third-order valence-corrected chi connectivity index (χ3v) is 2.70. The van der Waals surface area contributed by atoms with Crippen LogP contribution in [0.1, 0.15) is 33.6 Å². The molecule has 1 atom stereocenters. The fraction of sp³-hybridized carbons (Fsp3) is 0.778. The second-order valence-corrected chi connectivity index (χ2v) is 3.97. The Labute approximate surface area is 87.7 Å². The van der Waals surface area contributed by atoms with Gasteiger partial charge in [-0.3, -0.25) is 0 Å². The van der Waals surface area contributed by atoms with E-state index in [0.717, 1.165) is 0 Å². The van der Waals surface area contributed by atoms with Crippen LogP contribution in [0.4, 0.5) is 0 Å². The molecule has 0 saturated heterocycles. The van der Waals surface area contributed by atoms with Crippen molar-refractivity contribution < 1.29 is 29.9 Å². The van der Waals surface area contributed by atoms with Gasteiger partial charge in [0.2, 0.25) is 0 Å². The van der Waals surface area contributed by atoms with Crippen molar-refractivity contribution in [2.24, 2.45) is 11.3 Å². The molecule has 0 aliphatic carbocycles. The smallest absolute Gasteiger partial charge is 0.301 e. The minimum Gasteiger partial charge on any atom is -0.301 e. The van der Waals surface area contributed by atoms with Crippen molar-refractivity contribution in [3.8, 4) is 0 Å². The lowest BCUT2D eigenvalue weighted by Gasteiger charge is -2.29. The van der Waals surface area contributed by atoms with Crippen molar-refractivity contribution in [1.82, 2.24) is 0 Å². The number of rotatable bonds is 5. The number of carbonyl (C=O) groups excluding carboxylic acids is 2. The van der Waals surface area contributed by atoms with Gasteiger partial charge in [0.05, 0.1) is 12.3 Å². The summed E-state index contributed by atoms with van der Waals surface area (Å²) in [6.07, 6.45) is 0.266. The first-order valence-corrected chi connectivity index (χ1v) is 4.58. The van der Waals surface area contributed by atoms with Gasteiger partial charge >= 0.3 is 11.9 Å². The molecule has 0 radical (unpaired) electrons. The summed E-state index contributed by atoms with van der Waals surface area (Å²) in [6.45, 7) is 5.33. The summed E-state index contributed by atoms with van der Waals surface area (Å²) >= 11 is 0. The highest BCUT2D eigenvalue weighted by atomic mass is 17.1. The van der Waals surface area contributed by atoms with Crippen LogP contribution < -0.4 is 0 Å². The van der Waals surface area contributed by atoms with Gasteiger partial charge in [-0.2, -0.15) is 10.5 Å². The zero-order chi connectivity index (χ0) is 12.1. The monoisotopic (exact) mass is 220 g/mol. The van der Waals surface area contributed by atoms with E-state index in [4.69, 9.17) is 10.5 Å². The van der Waals surface area contributed by atoms with Crippen molar-refractivity contribution in [1.29, 1.82) is 0 Å². The van der Waals surface area contributed by atoms with Gasteiger partial charge in [0.25, 0.3) is 0 Å². The molecule has 1 unspecified atom stereocenters. The van der Waals surface area contributed by atoms with Crippen LogP contribution in [0.5, 0.6) is 0 Å². The summed E-state index contributed by atoms with van der Waals surface area (Å²) in [4.78, 5) is 29.2. The number of hydrogen-bond donors (Lipinski definition) is 2. The summed E-state index contributed by atoms with van der Waals surface area (Å²) in [5.41, 5.74) is -0.534. The summed E-state index contributed by atoms with van der Waals surface area (Å²) in [5, 5.41) is 16.4. The van der Waals surface area contributed by atoms with E-state index in [1.807, 2.05) is 6.92 Å². The predicted octanol–water partition coefficient (Wildman–Crippen LogP) is 1.46. The molecule has 88 valence electrons. The van der Waals surface area contributed by atoms with Crippen LogP contribution in [0.2, 0.25) is 0 Å². The molecule has 0 bridgehead atoms. The molecule has 0 aliphatic rings. The first kappa shape index (κ1) is 13.9. The SMILES string of the molecule is CCC(C)(C)C(CC(=O)OO)C(=O)OO. The van der Waals surface area contributed by atoms with E-state index < -0.39 is 23.3 Å². The Hall–Kier alpha value is -1.14. The molecule has 15 heavy (non-hydrogen) atoms. The number of carbonyl (C=O) groups is 2. The van der Waals surface area contributed by atoms with Crippen LogP contribution in [-0.2, 0) is 19.4 Å². The average Bonchev–Trinajstić information content (AvgIpc) is 2.24. The fourth-order valence-corrected chi connectivity index (χ4v) is 1.19. The van der Waals surface area contributed by atoms with Crippen LogP contribution in [-0.4, -0.2) is 22.5 Å². The van der Waals surface area contributed by atoms with Crippen molar-refractivity contribution in [3.05, 3.63) is 0 Å². The standard InChI is InChI=1S/C9H16O6/c1-4-9(2,3)6(8(11)15-13)5-7(10)14-12/h6,12-13H,4-5H2,1-3H3. The maximum Gasteiger partial charge on any atom is 0.346 e. The van der Waals surface area contributed by atoms with E-state index in [-0.39, 0.29) is 6.42 Å². The molecule has 0 saturated carbocycles. The molecule has 0 amide bonds.